The molecular weight excluding hydrogens is 615 g/mol. The third kappa shape index (κ3) is 4.62. The van der Waals surface area contributed by atoms with Crippen molar-refractivity contribution in [1.29, 1.82) is 0 Å². The van der Waals surface area contributed by atoms with Crippen molar-refractivity contribution in [1.82, 2.24) is 0 Å². The molecule has 0 amide bonds. The highest BCUT2D eigenvalue weighted by atomic mass is 32.1. The summed E-state index contributed by atoms with van der Waals surface area (Å²) in [6.45, 7) is 0. The number of nitrogens with zero attached hydrogens (tertiary/aromatic N) is 1. The van der Waals surface area contributed by atoms with Crippen molar-refractivity contribution >= 4 is 81.3 Å². The average Bonchev–Trinajstić information content (AvgIpc) is 3.74. The minimum absolute atomic E-state index is 0.923. The summed E-state index contributed by atoms with van der Waals surface area (Å²) in [5.74, 6) is 0. The maximum absolute atomic E-state index is 6.53. The van der Waals surface area contributed by atoms with E-state index in [1.807, 2.05) is 17.4 Å². The first kappa shape index (κ1) is 27.9. The van der Waals surface area contributed by atoms with Gasteiger partial charge in [-0.05, 0) is 88.1 Å². The first-order valence-corrected chi connectivity index (χ1v) is 17.4. The summed E-state index contributed by atoms with van der Waals surface area (Å²) in [5, 5.41) is 7.26. The summed E-state index contributed by atoms with van der Waals surface area (Å²) in [5.41, 5.74) is 10.1. The highest BCUT2D eigenvalue weighted by Crippen LogP contribution is 2.47. The molecule has 0 radical (unpaired) electrons. The molecule has 0 saturated heterocycles. The monoisotopic (exact) mass is 643 g/mol. The SMILES string of the molecule is c1ccc(N(c2ccc(-c3ccc4ccccc4c3)cc2)c2ccc(-c3cc4c5ccccc5oc4c4c3sc3ccccc34)cc2)cc1. The quantitative estimate of drug-likeness (QED) is 0.186. The lowest BCUT2D eigenvalue weighted by Crippen LogP contribution is -2.09. The fourth-order valence-corrected chi connectivity index (χ4v) is 8.50. The van der Waals surface area contributed by atoms with E-state index >= 15 is 0 Å². The van der Waals surface area contributed by atoms with Crippen molar-refractivity contribution in [3.63, 3.8) is 0 Å². The van der Waals surface area contributed by atoms with Gasteiger partial charge in [-0.3, -0.25) is 0 Å². The van der Waals surface area contributed by atoms with E-state index in [1.165, 1.54) is 53.2 Å². The van der Waals surface area contributed by atoms with Crippen LogP contribution in [-0.2, 0) is 0 Å². The molecule has 2 aromatic heterocycles. The Bertz CT molecular complexity index is 2810. The van der Waals surface area contributed by atoms with Gasteiger partial charge in [0.2, 0.25) is 0 Å². The zero-order valence-corrected chi connectivity index (χ0v) is 27.3. The van der Waals surface area contributed by atoms with E-state index in [0.717, 1.165) is 39.0 Å². The molecule has 0 atom stereocenters. The number of hydrogen-bond donors (Lipinski definition) is 0. The van der Waals surface area contributed by atoms with Gasteiger partial charge in [-0.15, -0.1) is 11.3 Å². The summed E-state index contributed by atoms with van der Waals surface area (Å²) in [4.78, 5) is 2.33. The van der Waals surface area contributed by atoms with Crippen molar-refractivity contribution in [2.45, 2.75) is 0 Å². The minimum Gasteiger partial charge on any atom is -0.455 e. The summed E-state index contributed by atoms with van der Waals surface area (Å²) < 4.78 is 9.05. The summed E-state index contributed by atoms with van der Waals surface area (Å²) >= 11 is 1.84. The lowest BCUT2D eigenvalue weighted by molar-refractivity contribution is 0.673. The number of benzene rings is 8. The highest BCUT2D eigenvalue weighted by Gasteiger charge is 2.20. The fraction of sp³-hybridized carbons (Fsp3) is 0. The van der Waals surface area contributed by atoms with Gasteiger partial charge < -0.3 is 9.32 Å². The van der Waals surface area contributed by atoms with E-state index in [1.54, 1.807) is 0 Å². The van der Waals surface area contributed by atoms with Crippen LogP contribution in [0.4, 0.5) is 17.1 Å². The molecule has 0 saturated carbocycles. The number of fused-ring (bicyclic) bond motifs is 8. The Hall–Kier alpha value is -6.16. The van der Waals surface area contributed by atoms with E-state index < -0.39 is 0 Å². The molecule has 0 aliphatic rings. The second kappa shape index (κ2) is 11.2. The van der Waals surface area contributed by atoms with Crippen molar-refractivity contribution in [3.05, 3.63) is 176 Å². The molecule has 230 valence electrons. The van der Waals surface area contributed by atoms with Gasteiger partial charge in [0.15, 0.2) is 0 Å². The van der Waals surface area contributed by atoms with Gasteiger partial charge in [0.05, 0.1) is 0 Å². The summed E-state index contributed by atoms with van der Waals surface area (Å²) in [6, 6.07) is 63.1. The van der Waals surface area contributed by atoms with E-state index in [9.17, 15) is 0 Å². The predicted octanol–water partition coefficient (Wildman–Crippen LogP) is 13.9. The molecule has 0 aliphatic heterocycles. The smallest absolute Gasteiger partial charge is 0.144 e. The van der Waals surface area contributed by atoms with E-state index in [-0.39, 0.29) is 0 Å². The summed E-state index contributed by atoms with van der Waals surface area (Å²) in [7, 11) is 0. The van der Waals surface area contributed by atoms with E-state index in [4.69, 9.17) is 4.42 Å². The van der Waals surface area contributed by atoms with Gasteiger partial charge in [-0.2, -0.15) is 0 Å². The van der Waals surface area contributed by atoms with Crippen LogP contribution in [0.5, 0.6) is 0 Å². The first-order valence-electron chi connectivity index (χ1n) is 16.6. The van der Waals surface area contributed by atoms with Crippen LogP contribution in [0.25, 0.3) is 75.1 Å². The van der Waals surface area contributed by atoms with Gasteiger partial charge in [0, 0.05) is 53.6 Å². The van der Waals surface area contributed by atoms with Crippen LogP contribution in [-0.4, -0.2) is 0 Å². The third-order valence-electron chi connectivity index (χ3n) is 9.65. The maximum Gasteiger partial charge on any atom is 0.144 e. The molecule has 49 heavy (non-hydrogen) atoms. The third-order valence-corrected chi connectivity index (χ3v) is 10.9. The number of hydrogen-bond acceptors (Lipinski definition) is 3. The Kier molecular flexibility index (Phi) is 6.39. The lowest BCUT2D eigenvalue weighted by atomic mass is 9.98. The van der Waals surface area contributed by atoms with Crippen molar-refractivity contribution in [2.24, 2.45) is 0 Å². The first-order chi connectivity index (χ1) is 24.3. The molecule has 2 heterocycles. The molecule has 2 nitrogen and oxygen atoms in total. The molecule has 0 N–H and O–H groups in total. The largest absolute Gasteiger partial charge is 0.455 e. The second-order valence-corrected chi connectivity index (χ2v) is 13.6. The standard InChI is InChI=1S/C46H29NOS/c1-2-12-35(13-3-1)47(36-24-20-31(21-25-36)34-19-18-30-10-4-5-11-33(30)28-34)37-26-22-32(23-27-37)40-29-41-38-14-6-8-16-42(38)48-45(41)44-39-15-7-9-17-43(39)49-46(40)44/h1-29H. The molecule has 10 aromatic rings. The van der Waals surface area contributed by atoms with Crippen molar-refractivity contribution < 1.29 is 4.42 Å². The van der Waals surface area contributed by atoms with Crippen LogP contribution in [0.2, 0.25) is 0 Å². The van der Waals surface area contributed by atoms with E-state index in [2.05, 4.69) is 175 Å². The van der Waals surface area contributed by atoms with Gasteiger partial charge >= 0.3 is 0 Å². The van der Waals surface area contributed by atoms with Gasteiger partial charge in [0.25, 0.3) is 0 Å². The normalized spacial score (nSPS) is 11.7. The Morgan fingerprint density at radius 3 is 1.84 bits per heavy atom. The fourth-order valence-electron chi connectivity index (χ4n) is 7.27. The van der Waals surface area contributed by atoms with Crippen LogP contribution in [0.1, 0.15) is 0 Å². The van der Waals surface area contributed by atoms with Crippen molar-refractivity contribution in [2.75, 3.05) is 4.90 Å². The van der Waals surface area contributed by atoms with Crippen LogP contribution >= 0.6 is 11.3 Å². The molecule has 0 spiro atoms. The van der Waals surface area contributed by atoms with Crippen LogP contribution in [0.15, 0.2) is 180 Å². The molecule has 10 rings (SSSR count). The predicted molar refractivity (Wildman–Crippen MR) is 210 cm³/mol. The highest BCUT2D eigenvalue weighted by molar-refractivity contribution is 7.26. The average molecular weight is 644 g/mol. The lowest BCUT2D eigenvalue weighted by Gasteiger charge is -2.26. The molecule has 0 aliphatic carbocycles. The molecule has 8 aromatic carbocycles. The molecule has 0 bridgehead atoms. The topological polar surface area (TPSA) is 16.4 Å². The Morgan fingerprint density at radius 2 is 1.04 bits per heavy atom. The minimum atomic E-state index is 0.923. The number of anilines is 3. The van der Waals surface area contributed by atoms with Crippen LogP contribution in [0, 0.1) is 0 Å². The number of furan rings is 1. The Morgan fingerprint density at radius 1 is 0.429 bits per heavy atom. The van der Waals surface area contributed by atoms with Gasteiger partial charge in [0.1, 0.15) is 11.2 Å². The Labute approximate surface area is 287 Å². The van der Waals surface area contributed by atoms with Crippen LogP contribution < -0.4 is 4.90 Å². The maximum atomic E-state index is 6.53. The van der Waals surface area contributed by atoms with Crippen LogP contribution in [0.3, 0.4) is 0 Å². The summed E-state index contributed by atoms with van der Waals surface area (Å²) in [6.07, 6.45) is 0. The van der Waals surface area contributed by atoms with Gasteiger partial charge in [-0.25, -0.2) is 0 Å². The zero-order valence-electron chi connectivity index (χ0n) is 26.5. The Balaban J connectivity index is 1.09. The van der Waals surface area contributed by atoms with Crippen molar-refractivity contribution in [3.8, 4) is 22.3 Å². The molecule has 0 fully saturated rings. The molecule has 0 unspecified atom stereocenters. The molecular formula is C46H29NOS. The van der Waals surface area contributed by atoms with Gasteiger partial charge in [-0.1, -0.05) is 115 Å². The number of rotatable bonds is 5. The number of thiophene rings is 1. The molecule has 3 heteroatoms. The number of para-hydroxylation sites is 2. The second-order valence-electron chi connectivity index (χ2n) is 12.5. The van der Waals surface area contributed by atoms with E-state index in [0.29, 0.717) is 0 Å². The zero-order chi connectivity index (χ0) is 32.3.